The summed E-state index contributed by atoms with van der Waals surface area (Å²) in [5, 5.41) is 0. The molecule has 1 aromatic rings. The van der Waals surface area contributed by atoms with Gasteiger partial charge in [0, 0.05) is 6.07 Å². The monoisotopic (exact) mass is 292 g/mol. The fourth-order valence-corrected chi connectivity index (χ4v) is 1.26. The molecule has 0 aliphatic carbocycles. The average molecular weight is 292 g/mol. The molecule has 0 radical (unpaired) electrons. The van der Waals surface area contributed by atoms with Crippen LogP contribution >= 0.6 is 22.6 Å². The predicted molar refractivity (Wildman–Crippen MR) is 59.3 cm³/mol. The second-order valence-corrected chi connectivity index (χ2v) is 3.14. The van der Waals surface area contributed by atoms with Gasteiger partial charge in [0.25, 0.3) is 0 Å². The van der Waals surface area contributed by atoms with Crippen LogP contribution in [0.25, 0.3) is 6.08 Å². The van der Waals surface area contributed by atoms with Crippen LogP contribution in [0.5, 0.6) is 5.75 Å². The van der Waals surface area contributed by atoms with Crippen molar-refractivity contribution in [1.82, 2.24) is 0 Å². The first kappa shape index (κ1) is 10.3. The molecule has 0 fully saturated rings. The van der Waals surface area contributed by atoms with Gasteiger partial charge in [0.05, 0.1) is 12.7 Å². The van der Waals surface area contributed by atoms with Crippen molar-refractivity contribution in [3.05, 3.63) is 31.9 Å². The van der Waals surface area contributed by atoms with E-state index in [0.29, 0.717) is 17.1 Å². The van der Waals surface area contributed by atoms with Crippen molar-refractivity contribution < 1.29 is 9.15 Å². The lowest BCUT2D eigenvalue weighted by atomic mass is 10.2. The molecule has 0 saturated heterocycles. The zero-order valence-electron chi connectivity index (χ0n) is 7.33. The number of halogens is 1. The Morgan fingerprint density at radius 3 is 2.85 bits per heavy atom. The van der Waals surface area contributed by atoms with Gasteiger partial charge in [-0.15, -0.1) is 0 Å². The fraction of sp³-hybridized carbons (Fsp3) is 0.222. The lowest BCUT2D eigenvalue weighted by Gasteiger charge is -2.02. The molecule has 0 unspecified atom stereocenters. The molecular weight excluding hydrogens is 283 g/mol. The first-order chi connectivity index (χ1) is 6.19. The fourth-order valence-electron chi connectivity index (χ4n) is 0.907. The smallest absolute Gasteiger partial charge is 0.342 e. The summed E-state index contributed by atoms with van der Waals surface area (Å²) >= 11 is 2.05. The van der Waals surface area contributed by atoms with Crippen LogP contribution in [0.2, 0.25) is 0 Å². The van der Waals surface area contributed by atoms with Crippen molar-refractivity contribution in [2.75, 3.05) is 7.11 Å². The van der Waals surface area contributed by atoms with E-state index in [4.69, 9.17) is 9.15 Å². The summed E-state index contributed by atoms with van der Waals surface area (Å²) in [5.41, 5.74) is 0.136. The number of hydrogen-bond donors (Lipinski definition) is 0. The number of methoxy groups -OCH3 is 1. The van der Waals surface area contributed by atoms with Crippen molar-refractivity contribution in [1.29, 1.82) is 0 Å². The minimum absolute atomic E-state index is 0.358. The van der Waals surface area contributed by atoms with Crippen molar-refractivity contribution in [3.63, 3.8) is 0 Å². The molecule has 0 aromatic carbocycles. The molecule has 0 amide bonds. The maximum absolute atomic E-state index is 11.2. The van der Waals surface area contributed by atoms with Crippen molar-refractivity contribution in [3.8, 4) is 5.75 Å². The van der Waals surface area contributed by atoms with Gasteiger partial charge in [-0.2, -0.15) is 0 Å². The zero-order valence-corrected chi connectivity index (χ0v) is 9.49. The largest absolute Gasteiger partial charge is 0.496 e. The van der Waals surface area contributed by atoms with Crippen LogP contribution in [0.4, 0.5) is 0 Å². The van der Waals surface area contributed by atoms with Gasteiger partial charge in [-0.1, -0.05) is 22.6 Å². The summed E-state index contributed by atoms with van der Waals surface area (Å²) in [5.74, 6) is 1.06. The Labute approximate surface area is 89.5 Å². The van der Waals surface area contributed by atoms with E-state index >= 15 is 0 Å². The Bertz CT molecular complexity index is 379. The molecule has 3 nitrogen and oxygen atoms in total. The van der Waals surface area contributed by atoms with Crippen LogP contribution in [-0.4, -0.2) is 7.11 Å². The maximum Gasteiger partial charge on any atom is 0.342 e. The van der Waals surface area contributed by atoms with Crippen molar-refractivity contribution >= 4 is 28.7 Å². The molecule has 1 aromatic heterocycles. The van der Waals surface area contributed by atoms with Gasteiger partial charge in [-0.3, -0.25) is 0 Å². The Morgan fingerprint density at radius 2 is 2.31 bits per heavy atom. The third-order valence-electron chi connectivity index (χ3n) is 1.61. The van der Waals surface area contributed by atoms with Crippen LogP contribution in [0.15, 0.2) is 19.4 Å². The molecule has 70 valence electrons. The molecule has 0 saturated carbocycles. The predicted octanol–water partition coefficient (Wildman–Crippen LogP) is 2.36. The molecule has 13 heavy (non-hydrogen) atoms. The van der Waals surface area contributed by atoms with Crippen LogP contribution < -0.4 is 10.4 Å². The summed E-state index contributed by atoms with van der Waals surface area (Å²) in [6, 6.07) is 1.69. The Kier molecular flexibility index (Phi) is 3.53. The second kappa shape index (κ2) is 4.45. The van der Waals surface area contributed by atoms with Gasteiger partial charge >= 0.3 is 5.63 Å². The van der Waals surface area contributed by atoms with E-state index in [2.05, 4.69) is 22.6 Å². The van der Waals surface area contributed by atoms with E-state index in [-0.39, 0.29) is 5.63 Å². The highest BCUT2D eigenvalue weighted by atomic mass is 127. The molecule has 0 atom stereocenters. The Morgan fingerprint density at radius 1 is 1.62 bits per heavy atom. The SMILES string of the molecule is COc1cc(C=CI)oc(=O)c1C. The Hall–Kier alpha value is -0.780. The summed E-state index contributed by atoms with van der Waals surface area (Å²) in [4.78, 5) is 11.2. The molecule has 0 bridgehead atoms. The highest BCUT2D eigenvalue weighted by molar-refractivity contribution is 14.1. The summed E-state index contributed by atoms with van der Waals surface area (Å²) < 4.78 is 11.7. The molecule has 0 aliphatic heterocycles. The first-order valence-electron chi connectivity index (χ1n) is 3.64. The van der Waals surface area contributed by atoms with Crippen molar-refractivity contribution in [2.24, 2.45) is 0 Å². The van der Waals surface area contributed by atoms with E-state index in [9.17, 15) is 4.79 Å². The minimum atomic E-state index is -0.358. The van der Waals surface area contributed by atoms with Gasteiger partial charge < -0.3 is 9.15 Å². The second-order valence-electron chi connectivity index (χ2n) is 2.42. The number of ether oxygens (including phenoxy) is 1. The molecule has 0 aliphatic rings. The summed E-state index contributed by atoms with van der Waals surface area (Å²) in [6.07, 6.45) is 1.70. The van der Waals surface area contributed by atoms with Crippen molar-refractivity contribution in [2.45, 2.75) is 6.92 Å². The van der Waals surface area contributed by atoms with Gasteiger partial charge in [0.1, 0.15) is 11.5 Å². The number of rotatable bonds is 2. The minimum Gasteiger partial charge on any atom is -0.496 e. The summed E-state index contributed by atoms with van der Waals surface area (Å²) in [7, 11) is 1.53. The van der Waals surface area contributed by atoms with Gasteiger partial charge in [0.2, 0.25) is 0 Å². The molecule has 4 heteroatoms. The van der Waals surface area contributed by atoms with Gasteiger partial charge in [-0.05, 0) is 17.1 Å². The number of hydrogen-bond acceptors (Lipinski definition) is 3. The van der Waals surface area contributed by atoms with E-state index in [1.165, 1.54) is 7.11 Å². The third-order valence-corrected chi connectivity index (χ3v) is 1.97. The normalized spacial score (nSPS) is 10.7. The molecule has 1 rings (SSSR count). The lowest BCUT2D eigenvalue weighted by molar-refractivity contribution is 0.395. The Balaban J connectivity index is 3.30. The van der Waals surface area contributed by atoms with Gasteiger partial charge in [0.15, 0.2) is 0 Å². The lowest BCUT2D eigenvalue weighted by Crippen LogP contribution is -2.05. The maximum atomic E-state index is 11.2. The van der Waals surface area contributed by atoms with E-state index in [0.717, 1.165) is 0 Å². The van der Waals surface area contributed by atoms with E-state index in [1.54, 1.807) is 23.1 Å². The topological polar surface area (TPSA) is 39.4 Å². The molecule has 0 N–H and O–H groups in total. The van der Waals surface area contributed by atoms with Gasteiger partial charge in [-0.25, -0.2) is 4.79 Å². The summed E-state index contributed by atoms with van der Waals surface area (Å²) in [6.45, 7) is 1.67. The quantitative estimate of drug-likeness (QED) is 0.786. The zero-order chi connectivity index (χ0) is 9.84. The molecule has 0 spiro atoms. The highest BCUT2D eigenvalue weighted by Crippen LogP contribution is 2.16. The van der Waals surface area contributed by atoms with E-state index < -0.39 is 0 Å². The van der Waals surface area contributed by atoms with E-state index in [1.807, 2.05) is 0 Å². The van der Waals surface area contributed by atoms with Crippen LogP contribution in [0, 0.1) is 6.92 Å². The van der Waals surface area contributed by atoms with Crippen LogP contribution in [0.1, 0.15) is 11.3 Å². The van der Waals surface area contributed by atoms with Crippen LogP contribution in [-0.2, 0) is 0 Å². The highest BCUT2D eigenvalue weighted by Gasteiger charge is 2.05. The first-order valence-corrected chi connectivity index (χ1v) is 4.89. The third kappa shape index (κ3) is 2.33. The standard InChI is InChI=1S/C9H9IO3/c1-6-8(12-2)5-7(3-4-10)13-9(6)11/h3-5H,1-2H3. The molecular formula is C9H9IO3. The molecule has 1 heterocycles. The average Bonchev–Trinajstić information content (AvgIpc) is 2.11. The van der Waals surface area contributed by atoms with Crippen LogP contribution in [0.3, 0.4) is 0 Å².